The van der Waals surface area contributed by atoms with Crippen LogP contribution in [0.1, 0.15) is 0 Å². The maximum atomic E-state index is 6.06. The van der Waals surface area contributed by atoms with Crippen LogP contribution in [0, 0.1) is 0 Å². The Hall–Kier alpha value is -2.68. The molecule has 0 aromatic heterocycles. The van der Waals surface area contributed by atoms with Gasteiger partial charge in [-0.25, -0.2) is 0 Å². The normalized spacial score (nSPS) is 10.1. The molecule has 0 aliphatic rings. The van der Waals surface area contributed by atoms with Gasteiger partial charge in [0.25, 0.3) is 0 Å². The van der Waals surface area contributed by atoms with Gasteiger partial charge in [-0.05, 0) is 12.1 Å². The van der Waals surface area contributed by atoms with Gasteiger partial charge in [-0.15, -0.1) is 0 Å². The first-order chi connectivity index (χ1) is 10.3. The van der Waals surface area contributed by atoms with Crippen LogP contribution in [0.4, 0.5) is 11.4 Å². The minimum atomic E-state index is 0.0806. The highest BCUT2D eigenvalue weighted by Crippen LogP contribution is 2.17. The Labute approximate surface area is 125 Å². The van der Waals surface area contributed by atoms with Crippen LogP contribution in [0.5, 0.6) is 0 Å². The van der Waals surface area contributed by atoms with Gasteiger partial charge in [0.15, 0.2) is 0 Å². The summed E-state index contributed by atoms with van der Waals surface area (Å²) in [6.07, 6.45) is 0. The summed E-state index contributed by atoms with van der Waals surface area (Å²) in [5, 5.41) is 3.55. The lowest BCUT2D eigenvalue weighted by Crippen LogP contribution is -2.49. The van der Waals surface area contributed by atoms with Crippen LogP contribution in [-0.2, 0) is 0 Å². The van der Waals surface area contributed by atoms with Crippen molar-refractivity contribution in [2.24, 2.45) is 0 Å². The van der Waals surface area contributed by atoms with Crippen LogP contribution >= 0.6 is 0 Å². The van der Waals surface area contributed by atoms with Gasteiger partial charge < -0.3 is 11.0 Å². The molecule has 0 amide bonds. The van der Waals surface area contributed by atoms with E-state index in [1.807, 2.05) is 36.4 Å². The smallest absolute Gasteiger partial charge is 0.320 e. The summed E-state index contributed by atoms with van der Waals surface area (Å²) < 4.78 is 0. The number of nitrogen functional groups attached to an aromatic ring is 1. The number of hydrogen-bond donors (Lipinski definition) is 2. The minimum Gasteiger partial charge on any atom is -0.418 e. The van der Waals surface area contributed by atoms with Gasteiger partial charge in [-0.1, -0.05) is 83.7 Å². The molecule has 3 rings (SSSR count). The first kappa shape index (κ1) is 13.3. The van der Waals surface area contributed by atoms with E-state index in [-0.39, 0.29) is 6.85 Å². The van der Waals surface area contributed by atoms with E-state index < -0.39 is 0 Å². The lowest BCUT2D eigenvalue weighted by molar-refractivity contribution is 1.63. The molecule has 0 saturated heterocycles. The maximum Gasteiger partial charge on any atom is 0.320 e. The molecule has 0 saturated carbocycles. The summed E-state index contributed by atoms with van der Waals surface area (Å²) in [5.41, 5.74) is 10.2. The molecule has 0 aliphatic heterocycles. The molecule has 0 bridgehead atoms. The molecule has 0 radical (unpaired) electrons. The fourth-order valence-corrected chi connectivity index (χ4v) is 2.43. The lowest BCUT2D eigenvalue weighted by Gasteiger charge is -2.18. The van der Waals surface area contributed by atoms with E-state index in [0.29, 0.717) is 0 Å². The van der Waals surface area contributed by atoms with Crippen LogP contribution in [0.2, 0.25) is 0 Å². The zero-order valence-corrected chi connectivity index (χ0v) is 11.7. The first-order valence-corrected chi connectivity index (χ1v) is 7.05. The lowest BCUT2D eigenvalue weighted by atomic mass is 9.50. The van der Waals surface area contributed by atoms with Crippen LogP contribution in [-0.4, -0.2) is 6.85 Å². The van der Waals surface area contributed by atoms with E-state index in [9.17, 15) is 0 Å². The van der Waals surface area contributed by atoms with Crippen LogP contribution in [0.25, 0.3) is 0 Å². The number of hydrogen-bond acceptors (Lipinski definition) is 2. The minimum absolute atomic E-state index is 0.0806. The first-order valence-electron chi connectivity index (χ1n) is 7.05. The highest BCUT2D eigenvalue weighted by Gasteiger charge is 2.20. The number of para-hydroxylation sites is 2. The van der Waals surface area contributed by atoms with Crippen LogP contribution < -0.4 is 21.9 Å². The Morgan fingerprint density at radius 3 is 1.62 bits per heavy atom. The second kappa shape index (κ2) is 6.18. The predicted molar refractivity (Wildman–Crippen MR) is 92.4 cm³/mol. The third kappa shape index (κ3) is 3.08. The van der Waals surface area contributed by atoms with Gasteiger partial charge in [0.1, 0.15) is 0 Å². The Balaban J connectivity index is 1.99. The van der Waals surface area contributed by atoms with E-state index in [2.05, 4.69) is 53.8 Å². The average Bonchev–Trinajstić information content (AvgIpc) is 2.56. The van der Waals surface area contributed by atoms with Gasteiger partial charge in [0, 0.05) is 5.69 Å². The molecular weight excluding hydrogens is 255 g/mol. The highest BCUT2D eigenvalue weighted by molar-refractivity contribution is 6.87. The molecule has 0 spiro atoms. The largest absolute Gasteiger partial charge is 0.418 e. The summed E-state index contributed by atoms with van der Waals surface area (Å²) in [5.74, 6) is 0. The van der Waals surface area contributed by atoms with Crippen molar-refractivity contribution >= 4 is 29.1 Å². The van der Waals surface area contributed by atoms with E-state index in [1.54, 1.807) is 0 Å². The third-order valence-electron chi connectivity index (χ3n) is 3.53. The molecule has 3 N–H and O–H groups in total. The molecule has 3 heteroatoms. The van der Waals surface area contributed by atoms with Crippen molar-refractivity contribution in [1.82, 2.24) is 0 Å². The molecular formula is C18H17BN2. The zero-order valence-electron chi connectivity index (χ0n) is 11.7. The summed E-state index contributed by atoms with van der Waals surface area (Å²) in [6.45, 7) is 0.0806. The Morgan fingerprint density at radius 2 is 1.10 bits per heavy atom. The quantitative estimate of drug-likeness (QED) is 0.565. The number of nitrogens with two attached hydrogens (primary N) is 1. The molecule has 3 aromatic rings. The maximum absolute atomic E-state index is 6.06. The van der Waals surface area contributed by atoms with E-state index in [1.165, 1.54) is 10.9 Å². The number of rotatable bonds is 4. The number of anilines is 2. The SMILES string of the molecule is Nc1ccccc1NB(c1ccccc1)c1ccccc1. The second-order valence-electron chi connectivity index (χ2n) is 4.99. The van der Waals surface area contributed by atoms with Gasteiger partial charge in [0.2, 0.25) is 0 Å². The molecule has 0 fully saturated rings. The van der Waals surface area contributed by atoms with Gasteiger partial charge in [-0.3, -0.25) is 0 Å². The second-order valence-corrected chi connectivity index (χ2v) is 4.99. The molecule has 102 valence electrons. The van der Waals surface area contributed by atoms with Crippen molar-refractivity contribution in [3.05, 3.63) is 84.9 Å². The summed E-state index contributed by atoms with van der Waals surface area (Å²) in [4.78, 5) is 0. The van der Waals surface area contributed by atoms with Crippen LogP contribution in [0.15, 0.2) is 84.9 Å². The highest BCUT2D eigenvalue weighted by atomic mass is 14.8. The van der Waals surface area contributed by atoms with Crippen molar-refractivity contribution in [3.8, 4) is 0 Å². The fourth-order valence-electron chi connectivity index (χ4n) is 2.43. The van der Waals surface area contributed by atoms with Crippen molar-refractivity contribution in [3.63, 3.8) is 0 Å². The molecule has 0 heterocycles. The number of nitrogens with one attached hydrogen (secondary N) is 1. The van der Waals surface area contributed by atoms with Gasteiger partial charge >= 0.3 is 6.85 Å². The monoisotopic (exact) mass is 272 g/mol. The van der Waals surface area contributed by atoms with Crippen molar-refractivity contribution in [2.75, 3.05) is 11.0 Å². The number of benzene rings is 3. The predicted octanol–water partition coefficient (Wildman–Crippen LogP) is 2.49. The topological polar surface area (TPSA) is 38.0 Å². The van der Waals surface area contributed by atoms with Crippen molar-refractivity contribution in [2.45, 2.75) is 0 Å². The molecule has 2 nitrogen and oxygen atoms in total. The average molecular weight is 272 g/mol. The fraction of sp³-hybridized carbons (Fsp3) is 0. The van der Waals surface area contributed by atoms with E-state index in [4.69, 9.17) is 5.73 Å². The molecule has 0 aliphatic carbocycles. The summed E-state index contributed by atoms with van der Waals surface area (Å²) in [6, 6.07) is 28.7. The standard InChI is InChI=1S/C18H17BN2/c20-17-13-7-8-14-18(17)21-19(15-9-3-1-4-10-15)16-11-5-2-6-12-16/h1-14,21H,20H2. The van der Waals surface area contributed by atoms with Crippen molar-refractivity contribution < 1.29 is 0 Å². The van der Waals surface area contributed by atoms with Crippen LogP contribution in [0.3, 0.4) is 0 Å². The Bertz CT molecular complexity index is 659. The summed E-state index contributed by atoms with van der Waals surface area (Å²) in [7, 11) is 0. The Kier molecular flexibility index (Phi) is 3.92. The van der Waals surface area contributed by atoms with Gasteiger partial charge in [-0.2, -0.15) is 0 Å². The Morgan fingerprint density at radius 1 is 0.619 bits per heavy atom. The van der Waals surface area contributed by atoms with E-state index in [0.717, 1.165) is 11.4 Å². The molecule has 0 unspecified atom stereocenters. The summed E-state index contributed by atoms with van der Waals surface area (Å²) >= 11 is 0. The zero-order chi connectivity index (χ0) is 14.5. The molecule has 0 atom stereocenters. The molecule has 3 aromatic carbocycles. The third-order valence-corrected chi connectivity index (χ3v) is 3.53. The van der Waals surface area contributed by atoms with Crippen molar-refractivity contribution in [1.29, 1.82) is 0 Å². The molecule has 21 heavy (non-hydrogen) atoms. The van der Waals surface area contributed by atoms with Gasteiger partial charge in [0.05, 0.1) is 5.69 Å². The van der Waals surface area contributed by atoms with E-state index >= 15 is 0 Å².